The van der Waals surface area contributed by atoms with E-state index < -0.39 is 22.6 Å². The fraction of sp³-hybridized carbons (Fsp3) is 0.429. The number of methoxy groups -OCH3 is 1. The molecule has 0 N–H and O–H groups in total. The zero-order valence-electron chi connectivity index (χ0n) is 22.0. The van der Waals surface area contributed by atoms with E-state index >= 15 is 0 Å². The van der Waals surface area contributed by atoms with E-state index in [2.05, 4.69) is 0 Å². The molecule has 0 bridgehead atoms. The lowest BCUT2D eigenvalue weighted by molar-refractivity contribution is -0.117. The van der Waals surface area contributed by atoms with Crippen LogP contribution in [0.1, 0.15) is 56.0 Å². The SMILES string of the molecule is COc1ccc(C(=O)OCC(=O)C=C2N(C)c3ccccc3C2(C)C)cc1S(=O)(=O)N1CCCCC1C. The van der Waals surface area contributed by atoms with Crippen molar-refractivity contribution in [2.45, 2.75) is 56.4 Å². The number of allylic oxidation sites excluding steroid dienone is 1. The molecule has 2 aromatic carbocycles. The Hall–Kier alpha value is -3.17. The number of carbonyl (C=O) groups is 2. The number of esters is 1. The molecule has 0 spiro atoms. The molecule has 2 aromatic rings. The summed E-state index contributed by atoms with van der Waals surface area (Å²) in [5.74, 6) is -0.986. The van der Waals surface area contributed by atoms with Crippen molar-refractivity contribution in [1.82, 2.24) is 4.31 Å². The molecule has 1 unspecified atom stereocenters. The van der Waals surface area contributed by atoms with Gasteiger partial charge < -0.3 is 14.4 Å². The maximum Gasteiger partial charge on any atom is 0.338 e. The van der Waals surface area contributed by atoms with Crippen LogP contribution in [0.2, 0.25) is 0 Å². The molecule has 1 fully saturated rings. The third-order valence-corrected chi connectivity index (χ3v) is 9.35. The molecule has 37 heavy (non-hydrogen) atoms. The summed E-state index contributed by atoms with van der Waals surface area (Å²) in [6.07, 6.45) is 4.04. The topological polar surface area (TPSA) is 93.2 Å². The smallest absolute Gasteiger partial charge is 0.338 e. The minimum atomic E-state index is -3.88. The highest BCUT2D eigenvalue weighted by molar-refractivity contribution is 7.89. The fourth-order valence-electron chi connectivity index (χ4n) is 5.23. The number of nitrogens with zero attached hydrogens (tertiary/aromatic N) is 2. The predicted octanol–water partition coefficient (Wildman–Crippen LogP) is 4.30. The van der Waals surface area contributed by atoms with Crippen LogP contribution in [-0.2, 0) is 25.0 Å². The standard InChI is InChI=1S/C28H34N2O6S/c1-19-10-8-9-15-30(19)37(33,34)25-16-20(13-14-24(25)35-5)27(32)36-18-21(31)17-26-28(2,3)22-11-6-7-12-23(22)29(26)4/h6-7,11-14,16-17,19H,8-10,15,18H2,1-5H3. The third-order valence-electron chi connectivity index (χ3n) is 7.31. The maximum atomic E-state index is 13.4. The molecular weight excluding hydrogens is 492 g/mol. The first-order chi connectivity index (χ1) is 17.5. The molecule has 0 radical (unpaired) electrons. The zero-order valence-corrected chi connectivity index (χ0v) is 22.8. The quantitative estimate of drug-likeness (QED) is 0.392. The van der Waals surface area contributed by atoms with Crippen LogP contribution >= 0.6 is 0 Å². The van der Waals surface area contributed by atoms with Gasteiger partial charge in [0.25, 0.3) is 0 Å². The second kappa shape index (κ2) is 10.3. The van der Waals surface area contributed by atoms with Crippen LogP contribution < -0.4 is 9.64 Å². The van der Waals surface area contributed by atoms with Crippen molar-refractivity contribution in [2.24, 2.45) is 0 Å². The second-order valence-electron chi connectivity index (χ2n) is 10.1. The van der Waals surface area contributed by atoms with Gasteiger partial charge in [0.2, 0.25) is 10.0 Å². The van der Waals surface area contributed by atoms with Crippen LogP contribution in [0.4, 0.5) is 5.69 Å². The number of piperidine rings is 1. The average Bonchev–Trinajstić information content (AvgIpc) is 3.07. The number of carbonyl (C=O) groups excluding carboxylic acids is 2. The number of sulfonamides is 1. The summed E-state index contributed by atoms with van der Waals surface area (Å²) in [4.78, 5) is 27.5. The van der Waals surface area contributed by atoms with E-state index in [0.29, 0.717) is 6.54 Å². The monoisotopic (exact) mass is 526 g/mol. The lowest BCUT2D eigenvalue weighted by atomic mass is 9.83. The lowest BCUT2D eigenvalue weighted by Gasteiger charge is -2.32. The van der Waals surface area contributed by atoms with Gasteiger partial charge in [-0.15, -0.1) is 0 Å². The van der Waals surface area contributed by atoms with Gasteiger partial charge in [0, 0.05) is 42.5 Å². The average molecular weight is 527 g/mol. The summed E-state index contributed by atoms with van der Waals surface area (Å²) >= 11 is 0. The Morgan fingerprint density at radius 1 is 1.14 bits per heavy atom. The van der Waals surface area contributed by atoms with Gasteiger partial charge in [-0.05, 0) is 49.6 Å². The summed E-state index contributed by atoms with van der Waals surface area (Å²) in [6.45, 7) is 5.92. The highest BCUT2D eigenvalue weighted by atomic mass is 32.2. The highest BCUT2D eigenvalue weighted by Crippen LogP contribution is 2.46. The number of ketones is 1. The van der Waals surface area contributed by atoms with Crippen molar-refractivity contribution in [3.8, 4) is 5.75 Å². The van der Waals surface area contributed by atoms with E-state index in [1.165, 1.54) is 35.7 Å². The largest absolute Gasteiger partial charge is 0.495 e. The molecule has 4 rings (SSSR count). The molecule has 2 aliphatic heterocycles. The van der Waals surface area contributed by atoms with Gasteiger partial charge >= 0.3 is 5.97 Å². The third kappa shape index (κ3) is 5.02. The molecule has 0 aliphatic carbocycles. The van der Waals surface area contributed by atoms with Gasteiger partial charge in [-0.2, -0.15) is 4.31 Å². The van der Waals surface area contributed by atoms with E-state index in [0.717, 1.165) is 36.2 Å². The van der Waals surface area contributed by atoms with Crippen LogP contribution in [0.5, 0.6) is 5.75 Å². The van der Waals surface area contributed by atoms with Crippen LogP contribution in [-0.4, -0.2) is 57.8 Å². The Bertz CT molecular complexity index is 1350. The summed E-state index contributed by atoms with van der Waals surface area (Å²) in [5, 5.41) is 0. The number of hydrogen-bond donors (Lipinski definition) is 0. The summed E-state index contributed by atoms with van der Waals surface area (Å²) in [6, 6.07) is 12.0. The van der Waals surface area contributed by atoms with E-state index in [4.69, 9.17) is 9.47 Å². The number of hydrogen-bond acceptors (Lipinski definition) is 7. The Balaban J connectivity index is 1.51. The van der Waals surface area contributed by atoms with Crippen molar-refractivity contribution in [3.63, 3.8) is 0 Å². The van der Waals surface area contributed by atoms with Crippen LogP contribution in [0, 0.1) is 0 Å². The summed E-state index contributed by atoms with van der Waals surface area (Å²) < 4.78 is 38.9. The molecule has 1 saturated heterocycles. The molecule has 0 amide bonds. The number of fused-ring (bicyclic) bond motifs is 1. The van der Waals surface area contributed by atoms with Crippen molar-refractivity contribution in [3.05, 3.63) is 65.4 Å². The van der Waals surface area contributed by atoms with Crippen molar-refractivity contribution in [2.75, 3.05) is 32.2 Å². The van der Waals surface area contributed by atoms with Crippen LogP contribution in [0.15, 0.2) is 59.1 Å². The normalized spacial score (nSPS) is 20.5. The first-order valence-electron chi connectivity index (χ1n) is 12.4. The van der Waals surface area contributed by atoms with Crippen molar-refractivity contribution >= 4 is 27.5 Å². The first kappa shape index (κ1) is 26.9. The molecule has 8 nitrogen and oxygen atoms in total. The van der Waals surface area contributed by atoms with E-state index in [-0.39, 0.29) is 33.4 Å². The molecule has 1 atom stereocenters. The number of para-hydroxylation sites is 1. The fourth-order valence-corrected chi connectivity index (χ4v) is 7.12. The Morgan fingerprint density at radius 3 is 2.54 bits per heavy atom. The van der Waals surface area contributed by atoms with Crippen molar-refractivity contribution in [1.29, 1.82) is 0 Å². The molecule has 2 heterocycles. The molecule has 198 valence electrons. The lowest BCUT2D eigenvalue weighted by Crippen LogP contribution is -2.42. The number of anilines is 1. The van der Waals surface area contributed by atoms with Crippen molar-refractivity contribution < 1.29 is 27.5 Å². The second-order valence-corrected chi connectivity index (χ2v) is 12.0. The van der Waals surface area contributed by atoms with Gasteiger partial charge in [0.05, 0.1) is 12.7 Å². The maximum absolute atomic E-state index is 13.4. The zero-order chi connectivity index (χ0) is 27.0. The minimum absolute atomic E-state index is 0.0372. The van der Waals surface area contributed by atoms with E-state index in [1.807, 2.05) is 57.0 Å². The first-order valence-corrected chi connectivity index (χ1v) is 13.9. The number of ether oxygens (including phenoxy) is 2. The van der Waals surface area contributed by atoms with Crippen LogP contribution in [0.25, 0.3) is 0 Å². The molecule has 9 heteroatoms. The summed E-state index contributed by atoms with van der Waals surface area (Å²) in [5.41, 5.74) is 2.61. The Kier molecular flexibility index (Phi) is 7.48. The predicted molar refractivity (Wildman–Crippen MR) is 141 cm³/mol. The van der Waals surface area contributed by atoms with Gasteiger partial charge in [0.15, 0.2) is 12.4 Å². The minimum Gasteiger partial charge on any atom is -0.495 e. The molecular formula is C28H34N2O6S. The Labute approximate surface area is 218 Å². The van der Waals surface area contributed by atoms with Gasteiger partial charge in [0.1, 0.15) is 10.6 Å². The number of rotatable bonds is 7. The van der Waals surface area contributed by atoms with E-state index in [1.54, 1.807) is 0 Å². The number of benzene rings is 2. The number of likely N-dealkylation sites (N-methyl/N-ethyl adjacent to an activating group) is 1. The molecule has 0 aromatic heterocycles. The van der Waals surface area contributed by atoms with E-state index in [9.17, 15) is 18.0 Å². The molecule has 0 saturated carbocycles. The van der Waals surface area contributed by atoms with Gasteiger partial charge in [-0.1, -0.05) is 38.5 Å². The van der Waals surface area contributed by atoms with Crippen LogP contribution in [0.3, 0.4) is 0 Å². The Morgan fingerprint density at radius 2 is 1.86 bits per heavy atom. The van der Waals surface area contributed by atoms with Gasteiger partial charge in [-0.3, -0.25) is 4.79 Å². The highest BCUT2D eigenvalue weighted by Gasteiger charge is 2.38. The summed E-state index contributed by atoms with van der Waals surface area (Å²) in [7, 11) is -0.593. The molecule has 2 aliphatic rings. The van der Waals surface area contributed by atoms with Gasteiger partial charge in [-0.25, -0.2) is 13.2 Å².